The highest BCUT2D eigenvalue weighted by atomic mass is 16.2. The van der Waals surface area contributed by atoms with Gasteiger partial charge in [0.2, 0.25) is 0 Å². The quantitative estimate of drug-likeness (QED) is 0.789. The van der Waals surface area contributed by atoms with Crippen molar-refractivity contribution >= 4 is 11.7 Å². The van der Waals surface area contributed by atoms with Crippen molar-refractivity contribution in [2.24, 2.45) is 0 Å². The molecule has 1 saturated heterocycles. The number of carbonyl (C=O) groups is 1. The molecule has 0 spiro atoms. The minimum Gasteiger partial charge on any atom is -0.384 e. The number of hydrogen-bond acceptors (Lipinski definition) is 5. The fraction of sp³-hybridized carbons (Fsp3) is 0.200. The van der Waals surface area contributed by atoms with Gasteiger partial charge in [0.1, 0.15) is 5.82 Å². The highest BCUT2D eigenvalue weighted by Gasteiger charge is 2.28. The van der Waals surface area contributed by atoms with E-state index in [1.807, 2.05) is 29.3 Å². The van der Waals surface area contributed by atoms with Gasteiger partial charge in [0.05, 0.1) is 11.3 Å². The molecule has 3 aromatic rings. The average Bonchev–Trinajstić information content (AvgIpc) is 3.19. The molecule has 26 heavy (non-hydrogen) atoms. The molecule has 1 aliphatic heterocycles. The number of pyridine rings is 3. The molecule has 0 aliphatic carbocycles. The molecular weight excluding hydrogens is 326 g/mol. The number of nitrogens with two attached hydrogens (primary N) is 1. The number of anilines is 1. The number of carbonyl (C=O) groups excluding carboxylic acids is 1. The first-order valence-corrected chi connectivity index (χ1v) is 8.58. The summed E-state index contributed by atoms with van der Waals surface area (Å²) >= 11 is 0. The maximum Gasteiger partial charge on any atom is 0.255 e. The molecule has 6 nitrogen and oxygen atoms in total. The van der Waals surface area contributed by atoms with Crippen LogP contribution in [0.3, 0.4) is 0 Å². The fourth-order valence-corrected chi connectivity index (χ4v) is 3.31. The van der Waals surface area contributed by atoms with Gasteiger partial charge in [-0.3, -0.25) is 14.8 Å². The van der Waals surface area contributed by atoms with Crippen molar-refractivity contribution in [3.63, 3.8) is 0 Å². The van der Waals surface area contributed by atoms with E-state index >= 15 is 0 Å². The molecule has 1 amide bonds. The number of likely N-dealkylation sites (tertiary alicyclic amines) is 1. The molecule has 130 valence electrons. The van der Waals surface area contributed by atoms with Gasteiger partial charge < -0.3 is 10.6 Å². The SMILES string of the molecule is Nc1ccc(C(=O)N2CC[C@@H](c3ccnc(-c4ccncc4)c3)C2)cn1. The molecule has 0 bridgehead atoms. The van der Waals surface area contributed by atoms with Crippen LogP contribution in [0.25, 0.3) is 11.3 Å². The van der Waals surface area contributed by atoms with Crippen molar-refractivity contribution in [1.82, 2.24) is 19.9 Å². The van der Waals surface area contributed by atoms with Crippen molar-refractivity contribution in [2.75, 3.05) is 18.8 Å². The lowest BCUT2D eigenvalue weighted by Gasteiger charge is -2.17. The van der Waals surface area contributed by atoms with E-state index < -0.39 is 0 Å². The number of rotatable bonds is 3. The third-order valence-electron chi connectivity index (χ3n) is 4.74. The second kappa shape index (κ2) is 6.92. The number of hydrogen-bond donors (Lipinski definition) is 1. The molecule has 2 N–H and O–H groups in total. The van der Waals surface area contributed by atoms with Gasteiger partial charge in [-0.05, 0) is 48.4 Å². The van der Waals surface area contributed by atoms with Crippen LogP contribution in [0.15, 0.2) is 61.2 Å². The first-order chi connectivity index (χ1) is 12.7. The van der Waals surface area contributed by atoms with Crippen molar-refractivity contribution < 1.29 is 4.79 Å². The van der Waals surface area contributed by atoms with Gasteiger partial charge >= 0.3 is 0 Å². The van der Waals surface area contributed by atoms with Crippen molar-refractivity contribution in [3.05, 3.63) is 72.3 Å². The molecule has 1 atom stereocenters. The Morgan fingerprint density at radius 3 is 2.69 bits per heavy atom. The third-order valence-corrected chi connectivity index (χ3v) is 4.74. The zero-order valence-corrected chi connectivity index (χ0v) is 14.2. The first-order valence-electron chi connectivity index (χ1n) is 8.58. The molecule has 1 aliphatic rings. The number of nitrogens with zero attached hydrogens (tertiary/aromatic N) is 4. The van der Waals surface area contributed by atoms with E-state index in [9.17, 15) is 4.79 Å². The van der Waals surface area contributed by atoms with Crippen LogP contribution < -0.4 is 5.73 Å². The largest absolute Gasteiger partial charge is 0.384 e. The third kappa shape index (κ3) is 3.26. The van der Waals surface area contributed by atoms with Crippen LogP contribution in [0.5, 0.6) is 0 Å². The molecule has 4 rings (SSSR count). The van der Waals surface area contributed by atoms with Crippen LogP contribution >= 0.6 is 0 Å². The van der Waals surface area contributed by atoms with Gasteiger partial charge in [0.25, 0.3) is 5.91 Å². The Bertz CT molecular complexity index is 911. The normalized spacial score (nSPS) is 16.6. The second-order valence-corrected chi connectivity index (χ2v) is 6.42. The first kappa shape index (κ1) is 16.2. The van der Waals surface area contributed by atoms with E-state index in [0.29, 0.717) is 23.8 Å². The second-order valence-electron chi connectivity index (χ2n) is 6.42. The van der Waals surface area contributed by atoms with Crippen LogP contribution in [0.4, 0.5) is 5.82 Å². The lowest BCUT2D eigenvalue weighted by atomic mass is 9.97. The zero-order chi connectivity index (χ0) is 17.9. The number of nitrogen functional groups attached to an aromatic ring is 1. The molecule has 0 aromatic carbocycles. The van der Waals surface area contributed by atoms with Gasteiger partial charge in [0, 0.05) is 49.4 Å². The van der Waals surface area contributed by atoms with Gasteiger partial charge in [-0.15, -0.1) is 0 Å². The lowest BCUT2D eigenvalue weighted by Crippen LogP contribution is -2.28. The Morgan fingerprint density at radius 2 is 1.92 bits per heavy atom. The Hall–Kier alpha value is -3.28. The molecule has 3 aromatic heterocycles. The summed E-state index contributed by atoms with van der Waals surface area (Å²) in [6.45, 7) is 1.43. The zero-order valence-electron chi connectivity index (χ0n) is 14.2. The van der Waals surface area contributed by atoms with E-state index in [-0.39, 0.29) is 5.91 Å². The van der Waals surface area contributed by atoms with Crippen molar-refractivity contribution in [1.29, 1.82) is 0 Å². The van der Waals surface area contributed by atoms with E-state index in [4.69, 9.17) is 5.73 Å². The summed E-state index contributed by atoms with van der Waals surface area (Å²) in [5.41, 5.74) is 9.35. The number of aromatic nitrogens is 3. The maximum atomic E-state index is 12.6. The molecule has 1 fully saturated rings. The van der Waals surface area contributed by atoms with Gasteiger partial charge in [-0.2, -0.15) is 0 Å². The monoisotopic (exact) mass is 345 g/mol. The molecule has 0 radical (unpaired) electrons. The predicted molar refractivity (Wildman–Crippen MR) is 99.4 cm³/mol. The minimum atomic E-state index is 0.00316. The Morgan fingerprint density at radius 1 is 1.08 bits per heavy atom. The molecule has 0 saturated carbocycles. The Kier molecular flexibility index (Phi) is 4.31. The highest BCUT2D eigenvalue weighted by Crippen LogP contribution is 2.30. The fourth-order valence-electron chi connectivity index (χ4n) is 3.31. The lowest BCUT2D eigenvalue weighted by molar-refractivity contribution is 0.0790. The topological polar surface area (TPSA) is 85.0 Å². The highest BCUT2D eigenvalue weighted by molar-refractivity contribution is 5.94. The standard InChI is InChI=1S/C20H19N5O/c21-19-2-1-16(12-24-19)20(26)25-10-6-17(13-25)15-5-9-23-18(11-15)14-3-7-22-8-4-14/h1-5,7-9,11-12,17H,6,10,13H2,(H2,21,24)/t17-/m1/s1. The molecule has 4 heterocycles. The summed E-state index contributed by atoms with van der Waals surface area (Å²) in [6, 6.07) is 11.4. The molecular formula is C20H19N5O. The van der Waals surface area contributed by atoms with Crippen LogP contribution in [0.2, 0.25) is 0 Å². The predicted octanol–water partition coefficient (Wildman–Crippen LogP) is 2.75. The van der Waals surface area contributed by atoms with Gasteiger partial charge in [0.15, 0.2) is 0 Å². The minimum absolute atomic E-state index is 0.00316. The van der Waals surface area contributed by atoms with Gasteiger partial charge in [-0.25, -0.2) is 4.98 Å². The summed E-state index contributed by atoms with van der Waals surface area (Å²) in [4.78, 5) is 27.1. The molecule has 6 heteroatoms. The Balaban J connectivity index is 1.50. The van der Waals surface area contributed by atoms with E-state index in [2.05, 4.69) is 21.0 Å². The summed E-state index contributed by atoms with van der Waals surface area (Å²) < 4.78 is 0. The maximum absolute atomic E-state index is 12.6. The van der Waals surface area contributed by atoms with Crippen molar-refractivity contribution in [3.8, 4) is 11.3 Å². The van der Waals surface area contributed by atoms with Crippen LogP contribution in [-0.2, 0) is 0 Å². The van der Waals surface area contributed by atoms with Crippen molar-refractivity contribution in [2.45, 2.75) is 12.3 Å². The average molecular weight is 345 g/mol. The van der Waals surface area contributed by atoms with E-state index in [1.165, 1.54) is 5.56 Å². The van der Waals surface area contributed by atoms with E-state index in [1.54, 1.807) is 30.7 Å². The summed E-state index contributed by atoms with van der Waals surface area (Å²) in [6.07, 6.45) is 7.84. The van der Waals surface area contributed by atoms with Crippen LogP contribution in [0, 0.1) is 0 Å². The van der Waals surface area contributed by atoms with Crippen LogP contribution in [0.1, 0.15) is 28.3 Å². The summed E-state index contributed by atoms with van der Waals surface area (Å²) in [7, 11) is 0. The smallest absolute Gasteiger partial charge is 0.255 e. The Labute approximate surface area is 151 Å². The van der Waals surface area contributed by atoms with E-state index in [0.717, 1.165) is 24.2 Å². The summed E-state index contributed by atoms with van der Waals surface area (Å²) in [5, 5.41) is 0. The van der Waals surface area contributed by atoms with Crippen LogP contribution in [-0.4, -0.2) is 38.8 Å². The molecule has 0 unspecified atom stereocenters. The number of amides is 1. The van der Waals surface area contributed by atoms with Gasteiger partial charge in [-0.1, -0.05) is 0 Å². The summed E-state index contributed by atoms with van der Waals surface area (Å²) in [5.74, 6) is 0.731.